The van der Waals surface area contributed by atoms with Crippen LogP contribution < -0.4 is 19.6 Å². The molecule has 0 atom stereocenters. The van der Waals surface area contributed by atoms with E-state index in [-0.39, 0.29) is 12.5 Å². The number of amides is 1. The molecule has 1 amide bonds. The van der Waals surface area contributed by atoms with Gasteiger partial charge < -0.3 is 14.2 Å². The molecular formula is C21H18Br2N2O4. The molecule has 0 spiro atoms. The van der Waals surface area contributed by atoms with Gasteiger partial charge in [0.15, 0.2) is 18.1 Å². The van der Waals surface area contributed by atoms with Gasteiger partial charge in [0.05, 0.1) is 24.9 Å². The lowest BCUT2D eigenvalue weighted by atomic mass is 10.1. The predicted octanol–water partition coefficient (Wildman–Crippen LogP) is 4.91. The average molecular weight is 522 g/mol. The van der Waals surface area contributed by atoms with Gasteiger partial charge in [-0.05, 0) is 68.7 Å². The molecular weight excluding hydrogens is 504 g/mol. The van der Waals surface area contributed by atoms with E-state index in [1.54, 1.807) is 32.4 Å². The van der Waals surface area contributed by atoms with Gasteiger partial charge in [0.2, 0.25) is 0 Å². The largest absolute Gasteiger partial charge is 0.493 e. The van der Waals surface area contributed by atoms with Gasteiger partial charge in [0, 0.05) is 4.47 Å². The van der Waals surface area contributed by atoms with Crippen molar-refractivity contribution in [2.45, 2.75) is 0 Å². The van der Waals surface area contributed by atoms with Crippen molar-refractivity contribution < 1.29 is 19.0 Å². The third-order valence-electron chi connectivity index (χ3n) is 4.05. The Kier molecular flexibility index (Phi) is 7.11. The number of carbonyl (C=O) groups excluding carboxylic acids is 1. The number of benzene rings is 3. The molecule has 0 aliphatic carbocycles. The van der Waals surface area contributed by atoms with Gasteiger partial charge in [-0.15, -0.1) is 0 Å². The standard InChI is InChI=1S/C21H18Br2N2O4/c1-27-17-7-3-13(9-19(17)28-2)11-24-25-20(26)12-29-18-8-4-14-10-15(22)5-6-16(14)21(18)23/h3-11H,12H2,1-2H3,(H,25,26). The molecule has 0 fully saturated rings. The zero-order chi connectivity index (χ0) is 20.8. The van der Waals surface area contributed by atoms with Gasteiger partial charge in [-0.2, -0.15) is 5.10 Å². The number of hydrazone groups is 1. The molecule has 1 N–H and O–H groups in total. The Labute approximate surface area is 185 Å². The van der Waals surface area contributed by atoms with Crippen molar-refractivity contribution in [3.63, 3.8) is 0 Å². The molecule has 3 aromatic rings. The SMILES string of the molecule is COc1ccc(C=NNC(=O)COc2ccc3cc(Br)ccc3c2Br)cc1OC. The van der Waals surface area contributed by atoms with E-state index in [2.05, 4.69) is 42.4 Å². The predicted molar refractivity (Wildman–Crippen MR) is 120 cm³/mol. The summed E-state index contributed by atoms with van der Waals surface area (Å²) in [6, 6.07) is 15.0. The second-order valence-corrected chi connectivity index (χ2v) is 7.65. The number of hydrogen-bond acceptors (Lipinski definition) is 5. The summed E-state index contributed by atoms with van der Waals surface area (Å²) in [7, 11) is 3.13. The molecule has 29 heavy (non-hydrogen) atoms. The van der Waals surface area contributed by atoms with E-state index in [9.17, 15) is 4.79 Å². The maximum Gasteiger partial charge on any atom is 0.277 e. The molecule has 8 heteroatoms. The minimum Gasteiger partial charge on any atom is -0.493 e. The number of hydrogen-bond donors (Lipinski definition) is 1. The molecule has 0 unspecified atom stereocenters. The highest BCUT2D eigenvalue weighted by molar-refractivity contribution is 9.11. The summed E-state index contributed by atoms with van der Waals surface area (Å²) >= 11 is 7.00. The van der Waals surface area contributed by atoms with Crippen LogP contribution in [-0.4, -0.2) is 32.9 Å². The molecule has 0 saturated carbocycles. The Morgan fingerprint density at radius 3 is 2.52 bits per heavy atom. The van der Waals surface area contributed by atoms with Crippen molar-refractivity contribution in [1.82, 2.24) is 5.43 Å². The van der Waals surface area contributed by atoms with Crippen LogP contribution in [0.1, 0.15) is 5.56 Å². The van der Waals surface area contributed by atoms with Gasteiger partial charge in [-0.25, -0.2) is 5.43 Å². The minimum absolute atomic E-state index is 0.163. The van der Waals surface area contributed by atoms with E-state index < -0.39 is 0 Å². The Hall–Kier alpha value is -2.58. The highest BCUT2D eigenvalue weighted by Crippen LogP contribution is 2.34. The molecule has 0 bridgehead atoms. The van der Waals surface area contributed by atoms with Crippen molar-refractivity contribution in [3.8, 4) is 17.2 Å². The molecule has 3 aromatic carbocycles. The number of fused-ring (bicyclic) bond motifs is 1. The smallest absolute Gasteiger partial charge is 0.277 e. The van der Waals surface area contributed by atoms with Crippen LogP contribution in [0.3, 0.4) is 0 Å². The van der Waals surface area contributed by atoms with E-state index in [0.29, 0.717) is 17.2 Å². The maximum absolute atomic E-state index is 12.0. The molecule has 0 aliphatic heterocycles. The number of nitrogens with one attached hydrogen (secondary N) is 1. The second kappa shape index (κ2) is 9.76. The zero-order valence-corrected chi connectivity index (χ0v) is 18.9. The number of nitrogens with zero attached hydrogens (tertiary/aromatic N) is 1. The lowest BCUT2D eigenvalue weighted by Crippen LogP contribution is -2.24. The lowest BCUT2D eigenvalue weighted by molar-refractivity contribution is -0.123. The van der Waals surface area contributed by atoms with E-state index in [0.717, 1.165) is 25.3 Å². The van der Waals surface area contributed by atoms with Gasteiger partial charge in [-0.3, -0.25) is 4.79 Å². The van der Waals surface area contributed by atoms with Crippen molar-refractivity contribution >= 4 is 54.8 Å². The summed E-state index contributed by atoms with van der Waals surface area (Å²) in [6.07, 6.45) is 1.52. The molecule has 0 aromatic heterocycles. The van der Waals surface area contributed by atoms with Crippen LogP contribution in [0.25, 0.3) is 10.8 Å². The summed E-state index contributed by atoms with van der Waals surface area (Å²) in [4.78, 5) is 12.0. The third kappa shape index (κ3) is 5.27. The molecule has 0 aliphatic rings. The van der Waals surface area contributed by atoms with E-state index in [1.165, 1.54) is 6.21 Å². The monoisotopic (exact) mass is 520 g/mol. The maximum atomic E-state index is 12.0. The number of halogens is 2. The number of carbonyl (C=O) groups is 1. The van der Waals surface area contributed by atoms with Gasteiger partial charge in [0.1, 0.15) is 5.75 Å². The Balaban J connectivity index is 1.59. The Bertz CT molecular complexity index is 1070. The minimum atomic E-state index is -0.371. The van der Waals surface area contributed by atoms with Gasteiger partial charge in [-0.1, -0.05) is 28.1 Å². The average Bonchev–Trinajstić information content (AvgIpc) is 2.73. The fourth-order valence-corrected chi connectivity index (χ4v) is 3.63. The van der Waals surface area contributed by atoms with Gasteiger partial charge in [0.25, 0.3) is 5.91 Å². The summed E-state index contributed by atoms with van der Waals surface area (Å²) in [5.41, 5.74) is 3.20. The molecule has 3 rings (SSSR count). The van der Waals surface area contributed by atoms with Crippen molar-refractivity contribution in [2.75, 3.05) is 20.8 Å². The van der Waals surface area contributed by atoms with Crippen molar-refractivity contribution in [1.29, 1.82) is 0 Å². The molecule has 150 valence electrons. The van der Waals surface area contributed by atoms with Crippen LogP contribution >= 0.6 is 31.9 Å². The van der Waals surface area contributed by atoms with Crippen molar-refractivity contribution in [2.24, 2.45) is 5.10 Å². The lowest BCUT2D eigenvalue weighted by Gasteiger charge is -2.10. The summed E-state index contributed by atoms with van der Waals surface area (Å²) in [5.74, 6) is 1.41. The first kappa shape index (κ1) is 21.1. The Morgan fingerprint density at radius 1 is 1.00 bits per heavy atom. The highest BCUT2D eigenvalue weighted by Gasteiger charge is 2.09. The van der Waals surface area contributed by atoms with Crippen LogP contribution in [0, 0.1) is 0 Å². The number of rotatable bonds is 7. The van der Waals surface area contributed by atoms with Crippen LogP contribution in [0.15, 0.2) is 62.6 Å². The second-order valence-electron chi connectivity index (χ2n) is 5.94. The van der Waals surface area contributed by atoms with E-state index in [4.69, 9.17) is 14.2 Å². The van der Waals surface area contributed by atoms with Crippen molar-refractivity contribution in [3.05, 3.63) is 63.0 Å². The van der Waals surface area contributed by atoms with Crippen LogP contribution in [0.2, 0.25) is 0 Å². The van der Waals surface area contributed by atoms with E-state index in [1.807, 2.05) is 30.3 Å². The molecule has 0 saturated heterocycles. The summed E-state index contributed by atoms with van der Waals surface area (Å²) < 4.78 is 17.8. The highest BCUT2D eigenvalue weighted by atomic mass is 79.9. The topological polar surface area (TPSA) is 69.2 Å². The summed E-state index contributed by atoms with van der Waals surface area (Å²) in [5, 5.41) is 6.00. The van der Waals surface area contributed by atoms with Crippen LogP contribution in [0.4, 0.5) is 0 Å². The zero-order valence-electron chi connectivity index (χ0n) is 15.7. The van der Waals surface area contributed by atoms with Crippen LogP contribution in [0.5, 0.6) is 17.2 Å². The first-order chi connectivity index (χ1) is 14.0. The number of methoxy groups -OCH3 is 2. The molecule has 0 heterocycles. The molecule has 6 nitrogen and oxygen atoms in total. The van der Waals surface area contributed by atoms with Crippen LogP contribution in [-0.2, 0) is 4.79 Å². The Morgan fingerprint density at radius 2 is 1.76 bits per heavy atom. The normalized spacial score (nSPS) is 10.9. The summed E-state index contributed by atoms with van der Waals surface area (Å²) in [6.45, 7) is -0.163. The van der Waals surface area contributed by atoms with Gasteiger partial charge >= 0.3 is 0 Å². The first-order valence-corrected chi connectivity index (χ1v) is 10.1. The third-order valence-corrected chi connectivity index (χ3v) is 5.36. The first-order valence-electron chi connectivity index (χ1n) is 8.56. The quantitative estimate of drug-likeness (QED) is 0.354. The fraction of sp³-hybridized carbons (Fsp3) is 0.143. The molecule has 0 radical (unpaired) electrons. The number of ether oxygens (including phenoxy) is 3. The fourth-order valence-electron chi connectivity index (χ4n) is 2.64. The van der Waals surface area contributed by atoms with E-state index >= 15 is 0 Å².